The van der Waals surface area contributed by atoms with E-state index in [1.54, 1.807) is 0 Å². The number of carboxylic acids is 1. The van der Waals surface area contributed by atoms with E-state index in [-0.39, 0.29) is 6.42 Å². The Morgan fingerprint density at radius 1 is 1.35 bits per heavy atom. The summed E-state index contributed by atoms with van der Waals surface area (Å²) in [6.07, 6.45) is 2.85. The highest BCUT2D eigenvalue weighted by Crippen LogP contribution is 2.29. The Labute approximate surface area is 114 Å². The Morgan fingerprint density at radius 3 is 2.82 bits per heavy atom. The normalized spacial score (nSPS) is 10.2. The van der Waals surface area contributed by atoms with E-state index in [0.29, 0.717) is 5.02 Å². The molecule has 0 saturated carbocycles. The van der Waals surface area contributed by atoms with Crippen molar-refractivity contribution in [3.05, 3.63) is 27.7 Å². The van der Waals surface area contributed by atoms with Crippen LogP contribution in [-0.4, -0.2) is 17.6 Å². The number of carboxylic acid groups (broad SMARTS) is 1. The minimum Gasteiger partial charge on any atom is -0.481 e. The molecule has 0 aromatic heterocycles. The summed E-state index contributed by atoms with van der Waals surface area (Å²) in [5.74, 6) is -0.726. The Hall–Kier alpha value is -0.740. The van der Waals surface area contributed by atoms with Crippen molar-refractivity contribution in [2.24, 2.45) is 0 Å². The zero-order chi connectivity index (χ0) is 12.7. The number of anilines is 1. The van der Waals surface area contributed by atoms with Gasteiger partial charge >= 0.3 is 5.97 Å². The van der Waals surface area contributed by atoms with E-state index in [2.05, 4.69) is 21.2 Å². The van der Waals surface area contributed by atoms with Crippen LogP contribution in [0.4, 0.5) is 5.69 Å². The minimum absolute atomic E-state index is 0.251. The van der Waals surface area contributed by atoms with Gasteiger partial charge in [-0.3, -0.25) is 4.79 Å². The third-order valence-electron chi connectivity index (χ3n) is 2.33. The molecule has 0 aliphatic carbocycles. The van der Waals surface area contributed by atoms with E-state index in [1.807, 2.05) is 18.2 Å². The van der Waals surface area contributed by atoms with Crippen LogP contribution in [0.5, 0.6) is 0 Å². The zero-order valence-corrected chi connectivity index (χ0v) is 11.7. The first-order valence-electron chi connectivity index (χ1n) is 5.51. The molecule has 1 rings (SSSR count). The Balaban J connectivity index is 2.22. The van der Waals surface area contributed by atoms with Crippen molar-refractivity contribution in [2.75, 3.05) is 11.9 Å². The third-order valence-corrected chi connectivity index (χ3v) is 3.73. The van der Waals surface area contributed by atoms with Gasteiger partial charge in [-0.25, -0.2) is 0 Å². The van der Waals surface area contributed by atoms with Gasteiger partial charge in [0.1, 0.15) is 0 Å². The number of hydrogen-bond acceptors (Lipinski definition) is 2. The van der Waals surface area contributed by atoms with Crippen molar-refractivity contribution in [1.29, 1.82) is 0 Å². The molecule has 0 amide bonds. The number of rotatable bonds is 7. The van der Waals surface area contributed by atoms with Gasteiger partial charge in [-0.15, -0.1) is 0 Å². The van der Waals surface area contributed by atoms with Gasteiger partial charge in [0.05, 0.1) is 9.50 Å². The van der Waals surface area contributed by atoms with E-state index in [1.165, 1.54) is 0 Å². The van der Waals surface area contributed by atoms with Gasteiger partial charge in [-0.1, -0.05) is 24.1 Å². The number of carbonyl (C=O) groups is 1. The highest BCUT2D eigenvalue weighted by molar-refractivity contribution is 9.10. The van der Waals surface area contributed by atoms with Crippen molar-refractivity contribution in [3.63, 3.8) is 0 Å². The molecule has 1 aromatic rings. The molecule has 17 heavy (non-hydrogen) atoms. The van der Waals surface area contributed by atoms with Crippen molar-refractivity contribution in [2.45, 2.75) is 25.7 Å². The molecular weight excluding hydrogens is 305 g/mol. The number of halogens is 2. The van der Waals surface area contributed by atoms with Gasteiger partial charge in [-0.05, 0) is 40.9 Å². The number of nitrogens with one attached hydrogen (secondary N) is 1. The molecule has 0 saturated heterocycles. The quantitative estimate of drug-likeness (QED) is 0.742. The average Bonchev–Trinajstić information content (AvgIpc) is 2.28. The molecule has 0 bridgehead atoms. The van der Waals surface area contributed by atoms with Crippen LogP contribution in [0.3, 0.4) is 0 Å². The summed E-state index contributed by atoms with van der Waals surface area (Å²) in [5, 5.41) is 12.4. The van der Waals surface area contributed by atoms with Gasteiger partial charge in [0.25, 0.3) is 0 Å². The van der Waals surface area contributed by atoms with E-state index >= 15 is 0 Å². The van der Waals surface area contributed by atoms with Crippen LogP contribution in [0.25, 0.3) is 0 Å². The fraction of sp³-hybridized carbons (Fsp3) is 0.417. The summed E-state index contributed by atoms with van der Waals surface area (Å²) in [6.45, 7) is 0.818. The lowest BCUT2D eigenvalue weighted by molar-refractivity contribution is -0.137. The minimum atomic E-state index is -0.726. The Kier molecular flexibility index (Phi) is 6.37. The summed E-state index contributed by atoms with van der Waals surface area (Å²) >= 11 is 9.37. The van der Waals surface area contributed by atoms with Gasteiger partial charge < -0.3 is 10.4 Å². The molecule has 5 heteroatoms. The van der Waals surface area contributed by atoms with E-state index in [4.69, 9.17) is 16.7 Å². The second kappa shape index (κ2) is 7.56. The third kappa shape index (κ3) is 5.41. The van der Waals surface area contributed by atoms with Crippen LogP contribution in [0.1, 0.15) is 25.7 Å². The maximum absolute atomic E-state index is 10.3. The monoisotopic (exact) mass is 319 g/mol. The predicted molar refractivity (Wildman–Crippen MR) is 73.7 cm³/mol. The summed E-state index contributed by atoms with van der Waals surface area (Å²) < 4.78 is 0.868. The fourth-order valence-corrected chi connectivity index (χ4v) is 2.02. The Bertz CT molecular complexity index is 385. The van der Waals surface area contributed by atoms with Crippen LogP contribution in [0.15, 0.2) is 22.7 Å². The molecule has 94 valence electrons. The van der Waals surface area contributed by atoms with Crippen molar-refractivity contribution in [3.8, 4) is 0 Å². The van der Waals surface area contributed by atoms with Gasteiger partial charge in [-0.2, -0.15) is 0 Å². The molecule has 3 nitrogen and oxygen atoms in total. The average molecular weight is 321 g/mol. The smallest absolute Gasteiger partial charge is 0.303 e. The molecule has 0 radical (unpaired) electrons. The molecule has 2 N–H and O–H groups in total. The highest BCUT2D eigenvalue weighted by atomic mass is 79.9. The number of aliphatic carboxylic acids is 1. The number of hydrogen-bond donors (Lipinski definition) is 2. The molecule has 0 unspecified atom stereocenters. The lowest BCUT2D eigenvalue weighted by Crippen LogP contribution is -2.02. The number of benzene rings is 1. The SMILES string of the molecule is O=C(O)CCCCCNc1cccc(Cl)c1Br. The molecule has 0 fully saturated rings. The lowest BCUT2D eigenvalue weighted by atomic mass is 10.2. The van der Waals surface area contributed by atoms with Crippen molar-refractivity contribution >= 4 is 39.2 Å². The van der Waals surface area contributed by atoms with Gasteiger partial charge in [0.2, 0.25) is 0 Å². The van der Waals surface area contributed by atoms with Crippen molar-refractivity contribution < 1.29 is 9.90 Å². The molecule has 1 aromatic carbocycles. The first kappa shape index (κ1) is 14.3. The summed E-state index contributed by atoms with van der Waals surface area (Å²) in [4.78, 5) is 10.3. The molecule has 0 spiro atoms. The van der Waals surface area contributed by atoms with Crippen LogP contribution in [-0.2, 0) is 4.79 Å². The first-order chi connectivity index (χ1) is 8.11. The molecule has 0 atom stereocenters. The second-order valence-corrected chi connectivity index (χ2v) is 4.93. The summed E-state index contributed by atoms with van der Waals surface area (Å²) in [7, 11) is 0. The lowest BCUT2D eigenvalue weighted by Gasteiger charge is -2.09. The fourth-order valence-electron chi connectivity index (χ4n) is 1.44. The maximum Gasteiger partial charge on any atom is 0.303 e. The van der Waals surface area contributed by atoms with Crippen molar-refractivity contribution in [1.82, 2.24) is 0 Å². The zero-order valence-electron chi connectivity index (χ0n) is 9.38. The standard InChI is InChI=1S/C12H15BrClNO2/c13-12-9(14)5-4-6-10(12)15-8-3-1-2-7-11(16)17/h4-6,15H,1-3,7-8H2,(H,16,17). The van der Waals surface area contributed by atoms with Crippen LogP contribution >= 0.6 is 27.5 Å². The number of unbranched alkanes of at least 4 members (excludes halogenated alkanes) is 2. The van der Waals surface area contributed by atoms with Crippen LogP contribution in [0.2, 0.25) is 5.02 Å². The van der Waals surface area contributed by atoms with Crippen LogP contribution in [0, 0.1) is 0 Å². The second-order valence-electron chi connectivity index (χ2n) is 3.73. The highest BCUT2D eigenvalue weighted by Gasteiger charge is 2.02. The van der Waals surface area contributed by atoms with Crippen LogP contribution < -0.4 is 5.32 Å². The topological polar surface area (TPSA) is 49.3 Å². The maximum atomic E-state index is 10.3. The summed E-state index contributed by atoms with van der Waals surface area (Å²) in [5.41, 5.74) is 0.968. The molecule has 0 aliphatic heterocycles. The predicted octanol–water partition coefficient (Wildman–Crippen LogP) is 4.16. The van der Waals surface area contributed by atoms with E-state index < -0.39 is 5.97 Å². The van der Waals surface area contributed by atoms with Gasteiger partial charge in [0, 0.05) is 18.7 Å². The summed E-state index contributed by atoms with van der Waals surface area (Å²) in [6, 6.07) is 5.66. The van der Waals surface area contributed by atoms with Gasteiger partial charge in [0.15, 0.2) is 0 Å². The largest absolute Gasteiger partial charge is 0.481 e. The van der Waals surface area contributed by atoms with E-state index in [0.717, 1.165) is 36.0 Å². The molecular formula is C12H15BrClNO2. The first-order valence-corrected chi connectivity index (χ1v) is 6.68. The molecule has 0 heterocycles. The molecule has 0 aliphatic rings. The Morgan fingerprint density at radius 2 is 2.12 bits per heavy atom. The van der Waals surface area contributed by atoms with E-state index in [9.17, 15) is 4.79 Å².